The fourth-order valence-corrected chi connectivity index (χ4v) is 1.18. The summed E-state index contributed by atoms with van der Waals surface area (Å²) in [6.45, 7) is 2.34. The first-order valence-corrected chi connectivity index (χ1v) is 5.55. The van der Waals surface area contributed by atoms with Crippen molar-refractivity contribution in [2.45, 2.75) is 6.42 Å². The van der Waals surface area contributed by atoms with Crippen LogP contribution >= 0.6 is 0 Å². The van der Waals surface area contributed by atoms with Gasteiger partial charge in [0, 0.05) is 20.3 Å². The lowest BCUT2D eigenvalue weighted by Crippen LogP contribution is -2.11. The number of ether oxygens (including phenoxy) is 3. The summed E-state index contributed by atoms with van der Waals surface area (Å²) in [6, 6.07) is 3.30. The smallest absolute Gasteiger partial charge is 0.223 e. The van der Waals surface area contributed by atoms with Crippen molar-refractivity contribution < 1.29 is 23.4 Å². The third-order valence-corrected chi connectivity index (χ3v) is 2.04. The van der Waals surface area contributed by atoms with Gasteiger partial charge in [-0.3, -0.25) is 4.79 Å². The molecule has 1 rings (SSSR count). The molecule has 1 aromatic heterocycles. The minimum absolute atomic E-state index is 0.0472. The van der Waals surface area contributed by atoms with Gasteiger partial charge in [-0.1, -0.05) is 0 Å². The van der Waals surface area contributed by atoms with E-state index in [0.717, 1.165) is 6.42 Å². The maximum absolute atomic E-state index is 11.4. The average molecular weight is 242 g/mol. The van der Waals surface area contributed by atoms with Crippen molar-refractivity contribution in [2.75, 3.05) is 40.1 Å². The first-order valence-electron chi connectivity index (χ1n) is 5.55. The topological polar surface area (TPSA) is 57.9 Å². The molecule has 0 aliphatic heterocycles. The monoisotopic (exact) mass is 242 g/mol. The van der Waals surface area contributed by atoms with E-state index in [0.29, 0.717) is 32.2 Å². The molecule has 0 N–H and O–H groups in total. The van der Waals surface area contributed by atoms with Crippen molar-refractivity contribution in [1.29, 1.82) is 0 Å². The van der Waals surface area contributed by atoms with Crippen molar-refractivity contribution in [3.8, 4) is 0 Å². The van der Waals surface area contributed by atoms with E-state index < -0.39 is 0 Å². The molecular formula is C12H18O5. The van der Waals surface area contributed by atoms with Gasteiger partial charge < -0.3 is 18.6 Å². The van der Waals surface area contributed by atoms with Gasteiger partial charge in [-0.2, -0.15) is 0 Å². The molecule has 0 spiro atoms. The minimum atomic E-state index is -0.143. The maximum atomic E-state index is 11.4. The molecule has 17 heavy (non-hydrogen) atoms. The van der Waals surface area contributed by atoms with Crippen molar-refractivity contribution in [2.24, 2.45) is 0 Å². The maximum Gasteiger partial charge on any atom is 0.223 e. The van der Waals surface area contributed by atoms with Crippen LogP contribution in [0.2, 0.25) is 0 Å². The molecule has 5 heteroatoms. The summed E-state index contributed by atoms with van der Waals surface area (Å²) in [7, 11) is 1.63. The molecule has 0 aliphatic rings. The Morgan fingerprint density at radius 3 is 2.76 bits per heavy atom. The number of ketones is 1. The molecule has 0 aromatic carbocycles. The number of rotatable bonds is 10. The lowest BCUT2D eigenvalue weighted by Gasteiger charge is -2.04. The van der Waals surface area contributed by atoms with Crippen LogP contribution in [0.4, 0.5) is 0 Å². The Morgan fingerprint density at radius 1 is 1.24 bits per heavy atom. The number of furan rings is 1. The van der Waals surface area contributed by atoms with E-state index in [1.165, 1.54) is 6.26 Å². The highest BCUT2D eigenvalue weighted by molar-refractivity contribution is 5.94. The number of carbonyl (C=O) groups is 1. The van der Waals surface area contributed by atoms with Crippen LogP contribution in [0, 0.1) is 0 Å². The summed E-state index contributed by atoms with van der Waals surface area (Å²) in [5, 5.41) is 0. The first kappa shape index (κ1) is 13.9. The second kappa shape index (κ2) is 8.92. The van der Waals surface area contributed by atoms with Crippen molar-refractivity contribution in [3.05, 3.63) is 24.2 Å². The lowest BCUT2D eigenvalue weighted by atomic mass is 10.3. The molecule has 0 saturated heterocycles. The number of hydrogen-bond acceptors (Lipinski definition) is 5. The van der Waals surface area contributed by atoms with Gasteiger partial charge in [-0.05, 0) is 18.6 Å². The number of Topliss-reactive ketones (excluding diaryl/α,β-unsaturated/α-hetero) is 1. The zero-order chi connectivity index (χ0) is 12.3. The fraction of sp³-hybridized carbons (Fsp3) is 0.583. The molecule has 5 nitrogen and oxygen atoms in total. The van der Waals surface area contributed by atoms with Gasteiger partial charge in [0.15, 0.2) is 5.76 Å². The normalized spacial score (nSPS) is 10.6. The first-order chi connectivity index (χ1) is 8.34. The summed E-state index contributed by atoms with van der Waals surface area (Å²) in [6.07, 6.45) is 2.23. The Kier molecular flexibility index (Phi) is 7.29. The van der Waals surface area contributed by atoms with Crippen LogP contribution in [0.3, 0.4) is 0 Å². The molecular weight excluding hydrogens is 224 g/mol. The van der Waals surface area contributed by atoms with Crippen molar-refractivity contribution in [1.82, 2.24) is 0 Å². The van der Waals surface area contributed by atoms with Crippen LogP contribution in [-0.4, -0.2) is 45.9 Å². The molecule has 0 saturated carbocycles. The predicted octanol–water partition coefficient (Wildman–Crippen LogP) is 1.53. The van der Waals surface area contributed by atoms with Crippen LogP contribution in [0.5, 0.6) is 0 Å². The van der Waals surface area contributed by atoms with Crippen LogP contribution in [0.1, 0.15) is 17.0 Å². The highest BCUT2D eigenvalue weighted by Gasteiger charge is 2.07. The van der Waals surface area contributed by atoms with Gasteiger partial charge in [0.25, 0.3) is 0 Å². The standard InChI is InChI=1S/C12H18O5/c1-14-8-9-15-5-3-6-16-10-11(13)12-4-2-7-17-12/h2,4,7H,3,5-6,8-10H2,1H3. The molecule has 0 fully saturated rings. The Balaban J connectivity index is 1.92. The zero-order valence-electron chi connectivity index (χ0n) is 10.0. The van der Waals surface area contributed by atoms with Crippen LogP contribution in [0.15, 0.2) is 22.8 Å². The third kappa shape index (κ3) is 6.21. The molecule has 96 valence electrons. The second-order valence-electron chi connectivity index (χ2n) is 3.41. The SMILES string of the molecule is COCCOCCCOCC(=O)c1ccco1. The summed E-state index contributed by atoms with van der Waals surface area (Å²) in [5.41, 5.74) is 0. The molecule has 0 bridgehead atoms. The van der Waals surface area contributed by atoms with E-state index in [4.69, 9.17) is 18.6 Å². The third-order valence-electron chi connectivity index (χ3n) is 2.04. The molecule has 1 heterocycles. The average Bonchev–Trinajstić information content (AvgIpc) is 2.86. The van der Waals surface area contributed by atoms with Gasteiger partial charge in [0.2, 0.25) is 5.78 Å². The van der Waals surface area contributed by atoms with E-state index >= 15 is 0 Å². The van der Waals surface area contributed by atoms with Gasteiger partial charge >= 0.3 is 0 Å². The Labute approximate surface area is 101 Å². The van der Waals surface area contributed by atoms with Crippen LogP contribution in [0.25, 0.3) is 0 Å². The summed E-state index contributed by atoms with van der Waals surface area (Å²) >= 11 is 0. The van der Waals surface area contributed by atoms with Crippen LogP contribution in [-0.2, 0) is 14.2 Å². The molecule has 0 unspecified atom stereocenters. The summed E-state index contributed by atoms with van der Waals surface area (Å²) in [5.74, 6) is 0.191. The number of carbonyl (C=O) groups excluding carboxylic acids is 1. The molecule has 0 atom stereocenters. The fourth-order valence-electron chi connectivity index (χ4n) is 1.18. The summed E-state index contributed by atoms with van der Waals surface area (Å²) in [4.78, 5) is 11.4. The molecule has 0 amide bonds. The highest BCUT2D eigenvalue weighted by Crippen LogP contribution is 2.01. The van der Waals surface area contributed by atoms with Gasteiger partial charge in [0.05, 0.1) is 19.5 Å². The predicted molar refractivity (Wildman–Crippen MR) is 61.2 cm³/mol. The largest absolute Gasteiger partial charge is 0.461 e. The van der Waals surface area contributed by atoms with Gasteiger partial charge in [0.1, 0.15) is 6.61 Å². The Morgan fingerprint density at radius 2 is 2.06 bits per heavy atom. The number of methoxy groups -OCH3 is 1. The van der Waals surface area contributed by atoms with E-state index in [2.05, 4.69) is 0 Å². The molecule has 1 aromatic rings. The van der Waals surface area contributed by atoms with E-state index in [1.54, 1.807) is 19.2 Å². The van der Waals surface area contributed by atoms with Crippen LogP contribution < -0.4 is 0 Å². The van der Waals surface area contributed by atoms with E-state index in [-0.39, 0.29) is 12.4 Å². The molecule has 0 aliphatic carbocycles. The highest BCUT2D eigenvalue weighted by atomic mass is 16.5. The quantitative estimate of drug-likeness (QED) is 0.460. The lowest BCUT2D eigenvalue weighted by molar-refractivity contribution is 0.0481. The molecule has 0 radical (unpaired) electrons. The second-order valence-corrected chi connectivity index (χ2v) is 3.41. The van der Waals surface area contributed by atoms with Crippen molar-refractivity contribution >= 4 is 5.78 Å². The summed E-state index contributed by atoms with van der Waals surface area (Å²) < 4.78 is 20.2. The van der Waals surface area contributed by atoms with Gasteiger partial charge in [-0.25, -0.2) is 0 Å². The van der Waals surface area contributed by atoms with E-state index in [9.17, 15) is 4.79 Å². The minimum Gasteiger partial charge on any atom is -0.461 e. The Hall–Kier alpha value is -1.17. The van der Waals surface area contributed by atoms with Crippen molar-refractivity contribution in [3.63, 3.8) is 0 Å². The number of hydrogen-bond donors (Lipinski definition) is 0. The Bertz CT molecular complexity index is 294. The zero-order valence-corrected chi connectivity index (χ0v) is 10.0. The van der Waals surface area contributed by atoms with Gasteiger partial charge in [-0.15, -0.1) is 0 Å². The van der Waals surface area contributed by atoms with E-state index in [1.807, 2.05) is 0 Å².